The molecule has 1 unspecified atom stereocenters. The summed E-state index contributed by atoms with van der Waals surface area (Å²) in [4.78, 5) is 37.3. The zero-order chi connectivity index (χ0) is 20.6. The van der Waals surface area contributed by atoms with Crippen LogP contribution in [0.1, 0.15) is 36.5 Å². The monoisotopic (exact) mass is 402 g/mol. The molecule has 0 spiro atoms. The maximum absolute atomic E-state index is 13.3. The lowest BCUT2D eigenvalue weighted by Gasteiger charge is -2.26. The molecule has 4 aromatic rings. The lowest BCUT2D eigenvalue weighted by Crippen LogP contribution is -2.32. The minimum atomic E-state index is -1.42. The molecule has 0 amide bonds. The van der Waals surface area contributed by atoms with Crippen LogP contribution < -0.4 is 5.56 Å². The summed E-state index contributed by atoms with van der Waals surface area (Å²) in [5, 5.41) is 12.2. The van der Waals surface area contributed by atoms with Crippen molar-refractivity contribution in [1.29, 1.82) is 0 Å². The average Bonchev–Trinajstić information content (AvgIpc) is 3.29. The first-order valence-corrected chi connectivity index (χ1v) is 9.89. The van der Waals surface area contributed by atoms with E-state index >= 15 is 0 Å². The van der Waals surface area contributed by atoms with Gasteiger partial charge in [-0.15, -0.1) is 0 Å². The topological polar surface area (TPSA) is 110 Å². The molecule has 6 rings (SSSR count). The minimum Gasteiger partial charge on any atom is -0.460 e. The standard InChI is InChI=1S/C22H18N4O4/c1-2-22(29)7-19(27)30-9-13-14(22)5-18-20-12(8-26(18)21(13)28)3-11-4-16-17(24-10-23-16)6-15(11)25-20/h3-6,10,25,29H,2,7-9H2,1H3. The Balaban J connectivity index is 1.62. The highest BCUT2D eigenvalue weighted by molar-refractivity contribution is 5.94. The molecule has 2 aliphatic heterocycles. The molecule has 0 bridgehead atoms. The summed E-state index contributed by atoms with van der Waals surface area (Å²) < 4.78 is 6.88. The first-order chi connectivity index (χ1) is 14.5. The number of carbonyl (C=O) groups excluding carboxylic acids is 1. The second kappa shape index (κ2) is 5.76. The second-order valence-electron chi connectivity index (χ2n) is 8.01. The Bertz CT molecular complexity index is 1450. The molecule has 8 heteroatoms. The van der Waals surface area contributed by atoms with E-state index in [1.165, 1.54) is 6.33 Å². The normalized spacial score (nSPS) is 20.0. The third-order valence-electron chi connectivity index (χ3n) is 6.34. The SMILES string of the molecule is CCC1(O)CC(=O)OCc2c1cc1n(c2=O)Cc2cc3cc4ncnc4cc3[nH]c2-1. The van der Waals surface area contributed by atoms with Gasteiger partial charge in [0.25, 0.3) is 5.56 Å². The van der Waals surface area contributed by atoms with Crippen LogP contribution in [0.5, 0.6) is 0 Å². The number of aliphatic hydroxyl groups is 1. The van der Waals surface area contributed by atoms with Gasteiger partial charge in [-0.2, -0.15) is 0 Å². The number of nitrogens with zero attached hydrogens (tertiary/aromatic N) is 3. The molecule has 0 radical (unpaired) electrons. The Morgan fingerprint density at radius 1 is 1.20 bits per heavy atom. The Morgan fingerprint density at radius 2 is 2.00 bits per heavy atom. The van der Waals surface area contributed by atoms with Crippen molar-refractivity contribution in [3.63, 3.8) is 0 Å². The fraction of sp³-hybridized carbons (Fsp3) is 0.273. The fourth-order valence-corrected chi connectivity index (χ4v) is 4.64. The molecule has 0 saturated carbocycles. The third-order valence-corrected chi connectivity index (χ3v) is 6.34. The van der Waals surface area contributed by atoms with Crippen LogP contribution in [-0.4, -0.2) is 30.6 Å². The van der Waals surface area contributed by atoms with Crippen LogP contribution in [0.3, 0.4) is 0 Å². The van der Waals surface area contributed by atoms with Gasteiger partial charge in [-0.25, -0.2) is 9.97 Å². The van der Waals surface area contributed by atoms with Gasteiger partial charge in [-0.3, -0.25) is 9.59 Å². The Kier molecular flexibility index (Phi) is 3.33. The fourth-order valence-electron chi connectivity index (χ4n) is 4.64. The van der Waals surface area contributed by atoms with Crippen molar-refractivity contribution >= 4 is 27.9 Å². The molecule has 0 saturated heterocycles. The molecule has 5 heterocycles. The molecule has 30 heavy (non-hydrogen) atoms. The van der Waals surface area contributed by atoms with Crippen molar-refractivity contribution in [1.82, 2.24) is 19.5 Å². The zero-order valence-electron chi connectivity index (χ0n) is 16.2. The number of benzene rings is 1. The molecule has 0 fully saturated rings. The summed E-state index contributed by atoms with van der Waals surface area (Å²) in [5.74, 6) is -0.502. The number of imidazole rings is 1. The van der Waals surface area contributed by atoms with E-state index in [-0.39, 0.29) is 18.6 Å². The number of fused-ring (bicyclic) bond motifs is 6. The van der Waals surface area contributed by atoms with Crippen molar-refractivity contribution in [2.24, 2.45) is 0 Å². The molecule has 2 N–H and O–H groups in total. The molecule has 8 nitrogen and oxygen atoms in total. The Hall–Kier alpha value is -3.52. The van der Waals surface area contributed by atoms with Gasteiger partial charge in [0, 0.05) is 10.9 Å². The van der Waals surface area contributed by atoms with E-state index in [9.17, 15) is 14.7 Å². The number of esters is 1. The lowest BCUT2D eigenvalue weighted by molar-refractivity contribution is -0.149. The summed E-state index contributed by atoms with van der Waals surface area (Å²) in [5.41, 5.74) is 4.19. The highest BCUT2D eigenvalue weighted by atomic mass is 16.5. The van der Waals surface area contributed by atoms with Crippen molar-refractivity contribution in [3.05, 3.63) is 57.6 Å². The second-order valence-corrected chi connectivity index (χ2v) is 8.01. The van der Waals surface area contributed by atoms with E-state index in [0.29, 0.717) is 29.8 Å². The number of ether oxygens (including phenoxy) is 1. The smallest absolute Gasteiger partial charge is 0.309 e. The van der Waals surface area contributed by atoms with Gasteiger partial charge in [-0.05, 0) is 41.8 Å². The predicted octanol–water partition coefficient (Wildman–Crippen LogP) is 2.35. The van der Waals surface area contributed by atoms with Crippen LogP contribution >= 0.6 is 0 Å². The Morgan fingerprint density at radius 3 is 2.80 bits per heavy atom. The molecule has 0 aliphatic carbocycles. The lowest BCUT2D eigenvalue weighted by atomic mass is 9.85. The summed E-state index contributed by atoms with van der Waals surface area (Å²) in [6, 6.07) is 7.80. The summed E-state index contributed by atoms with van der Waals surface area (Å²) >= 11 is 0. The number of nitrogens with one attached hydrogen (secondary N) is 1. The van der Waals surface area contributed by atoms with Gasteiger partial charge in [0.05, 0.1) is 41.0 Å². The average molecular weight is 402 g/mol. The van der Waals surface area contributed by atoms with Crippen molar-refractivity contribution in [3.8, 4) is 11.4 Å². The molecule has 1 atom stereocenters. The van der Waals surface area contributed by atoms with Crippen LogP contribution in [-0.2, 0) is 28.3 Å². The maximum atomic E-state index is 13.3. The number of carbonyl (C=O) groups is 1. The maximum Gasteiger partial charge on any atom is 0.309 e. The zero-order valence-corrected chi connectivity index (χ0v) is 16.2. The number of H-pyrrole nitrogens is 1. The number of aromatic amines is 1. The van der Waals surface area contributed by atoms with E-state index in [4.69, 9.17) is 4.74 Å². The van der Waals surface area contributed by atoms with E-state index in [0.717, 1.165) is 33.2 Å². The molecule has 2 aliphatic rings. The number of aromatic nitrogens is 4. The van der Waals surface area contributed by atoms with Crippen LogP contribution in [0.25, 0.3) is 33.3 Å². The third kappa shape index (κ3) is 2.25. The van der Waals surface area contributed by atoms with Crippen LogP contribution in [0.15, 0.2) is 35.4 Å². The van der Waals surface area contributed by atoms with Crippen LogP contribution in [0.4, 0.5) is 0 Å². The number of pyridine rings is 2. The number of cyclic esters (lactones) is 1. The van der Waals surface area contributed by atoms with E-state index in [1.807, 2.05) is 18.2 Å². The van der Waals surface area contributed by atoms with Crippen molar-refractivity contribution in [2.45, 2.75) is 38.5 Å². The van der Waals surface area contributed by atoms with Gasteiger partial charge in [0.2, 0.25) is 0 Å². The number of rotatable bonds is 1. The van der Waals surface area contributed by atoms with Gasteiger partial charge in [0.1, 0.15) is 18.5 Å². The molecule has 3 aromatic heterocycles. The highest BCUT2D eigenvalue weighted by Crippen LogP contribution is 2.39. The number of hydrogen-bond donors (Lipinski definition) is 2. The quantitative estimate of drug-likeness (QED) is 0.417. The molecule has 150 valence electrons. The van der Waals surface area contributed by atoms with Gasteiger partial charge < -0.3 is 19.4 Å². The van der Waals surface area contributed by atoms with Crippen molar-refractivity contribution < 1.29 is 14.6 Å². The van der Waals surface area contributed by atoms with Gasteiger partial charge in [0.15, 0.2) is 0 Å². The largest absolute Gasteiger partial charge is 0.460 e. The highest BCUT2D eigenvalue weighted by Gasteiger charge is 2.39. The summed E-state index contributed by atoms with van der Waals surface area (Å²) in [6.07, 6.45) is 1.68. The van der Waals surface area contributed by atoms with E-state index < -0.39 is 11.6 Å². The first kappa shape index (κ1) is 17.3. The van der Waals surface area contributed by atoms with E-state index in [1.54, 1.807) is 11.5 Å². The van der Waals surface area contributed by atoms with Crippen LogP contribution in [0, 0.1) is 0 Å². The molecule has 1 aromatic carbocycles. The summed E-state index contributed by atoms with van der Waals surface area (Å²) in [7, 11) is 0. The first-order valence-electron chi connectivity index (χ1n) is 9.89. The molecular formula is C22H18N4O4. The Labute approximate surface area is 170 Å². The van der Waals surface area contributed by atoms with Gasteiger partial charge in [-0.1, -0.05) is 6.92 Å². The summed E-state index contributed by atoms with van der Waals surface area (Å²) in [6.45, 7) is 2.09. The number of hydrogen-bond acceptors (Lipinski definition) is 6. The van der Waals surface area contributed by atoms with E-state index in [2.05, 4.69) is 21.0 Å². The minimum absolute atomic E-state index is 0.121. The van der Waals surface area contributed by atoms with Crippen LogP contribution in [0.2, 0.25) is 0 Å². The molecular weight excluding hydrogens is 384 g/mol. The van der Waals surface area contributed by atoms with Gasteiger partial charge >= 0.3 is 5.97 Å². The van der Waals surface area contributed by atoms with Crippen molar-refractivity contribution in [2.75, 3.05) is 0 Å². The predicted molar refractivity (Wildman–Crippen MR) is 109 cm³/mol.